The number of primary amides is 1. The van der Waals surface area contributed by atoms with Crippen molar-refractivity contribution in [2.24, 2.45) is 5.73 Å². The van der Waals surface area contributed by atoms with Crippen LogP contribution < -0.4 is 10.6 Å². The van der Waals surface area contributed by atoms with E-state index in [1.54, 1.807) is 17.1 Å². The van der Waals surface area contributed by atoms with Gasteiger partial charge in [-0.1, -0.05) is 5.21 Å². The number of aliphatic hydroxyl groups excluding tert-OH is 1. The fraction of sp³-hybridized carbons (Fsp3) is 0.429. The minimum atomic E-state index is -0.558. The molecule has 0 aromatic carbocycles. The van der Waals surface area contributed by atoms with Gasteiger partial charge in [-0.05, 0) is 25.0 Å². The molecular formula is C14H18N6O2. The molecule has 3 heterocycles. The molecule has 2 aromatic heterocycles. The largest absolute Gasteiger partial charge is 0.390 e. The summed E-state index contributed by atoms with van der Waals surface area (Å²) >= 11 is 0. The molecule has 1 saturated heterocycles. The zero-order valence-corrected chi connectivity index (χ0v) is 12.1. The van der Waals surface area contributed by atoms with E-state index < -0.39 is 5.91 Å². The summed E-state index contributed by atoms with van der Waals surface area (Å²) < 4.78 is 1.73. The lowest BCUT2D eigenvalue weighted by Gasteiger charge is -2.33. The third-order valence-corrected chi connectivity index (χ3v) is 3.93. The van der Waals surface area contributed by atoms with Crippen LogP contribution in [0.1, 0.15) is 35.1 Å². The lowest BCUT2D eigenvalue weighted by molar-refractivity contribution is 0.0995. The van der Waals surface area contributed by atoms with Crippen LogP contribution in [0.3, 0.4) is 0 Å². The van der Waals surface area contributed by atoms with Gasteiger partial charge in [0.1, 0.15) is 0 Å². The predicted octanol–water partition coefficient (Wildman–Crippen LogP) is 0.106. The summed E-state index contributed by atoms with van der Waals surface area (Å²) in [5, 5.41) is 16.9. The molecule has 1 amide bonds. The average molecular weight is 302 g/mol. The maximum atomic E-state index is 11.1. The van der Waals surface area contributed by atoms with Gasteiger partial charge in [-0.3, -0.25) is 9.78 Å². The second-order valence-electron chi connectivity index (χ2n) is 5.33. The van der Waals surface area contributed by atoms with E-state index in [4.69, 9.17) is 10.8 Å². The highest BCUT2D eigenvalue weighted by Crippen LogP contribution is 2.26. The number of carbonyl (C=O) groups excluding carboxylic acids is 1. The van der Waals surface area contributed by atoms with E-state index in [2.05, 4.69) is 20.2 Å². The number of nitrogens with zero attached hydrogens (tertiary/aromatic N) is 5. The number of hydrogen-bond donors (Lipinski definition) is 2. The van der Waals surface area contributed by atoms with Crippen LogP contribution in [-0.4, -0.2) is 44.1 Å². The first-order valence-electron chi connectivity index (χ1n) is 7.19. The molecule has 0 bridgehead atoms. The summed E-state index contributed by atoms with van der Waals surface area (Å²) in [5.74, 6) is -0.558. The highest BCUT2D eigenvalue weighted by Gasteiger charge is 2.22. The number of pyridine rings is 1. The maximum absolute atomic E-state index is 11.1. The quantitative estimate of drug-likeness (QED) is 0.829. The molecule has 116 valence electrons. The maximum Gasteiger partial charge on any atom is 0.270 e. The van der Waals surface area contributed by atoms with E-state index in [1.165, 1.54) is 0 Å². The van der Waals surface area contributed by atoms with E-state index >= 15 is 0 Å². The van der Waals surface area contributed by atoms with Crippen LogP contribution in [0.15, 0.2) is 24.5 Å². The number of amides is 1. The minimum Gasteiger partial charge on any atom is -0.390 e. The Balaban J connectivity index is 1.65. The van der Waals surface area contributed by atoms with Crippen molar-refractivity contribution in [3.8, 4) is 0 Å². The standard InChI is InChI=1S/C14H18N6O2/c15-14(22)13-8-20(18-17-13)11-2-5-19(6-3-11)12-1-4-16-10(7-12)9-21/h1,4,7-8,11,21H,2-3,5-6,9H2,(H2,15,22). The molecule has 22 heavy (non-hydrogen) atoms. The van der Waals surface area contributed by atoms with Gasteiger partial charge in [0.15, 0.2) is 5.69 Å². The zero-order chi connectivity index (χ0) is 15.5. The number of anilines is 1. The zero-order valence-electron chi connectivity index (χ0n) is 12.1. The van der Waals surface area contributed by atoms with Crippen LogP contribution in [-0.2, 0) is 6.61 Å². The molecule has 0 radical (unpaired) electrons. The number of piperidine rings is 1. The van der Waals surface area contributed by atoms with Crippen molar-refractivity contribution in [3.63, 3.8) is 0 Å². The van der Waals surface area contributed by atoms with Crippen molar-refractivity contribution < 1.29 is 9.90 Å². The SMILES string of the molecule is NC(=O)c1cn(C2CCN(c3ccnc(CO)c3)CC2)nn1. The first-order valence-corrected chi connectivity index (χ1v) is 7.19. The van der Waals surface area contributed by atoms with E-state index in [9.17, 15) is 4.79 Å². The van der Waals surface area contributed by atoms with Crippen LogP contribution >= 0.6 is 0 Å². The Kier molecular flexibility index (Phi) is 4.01. The molecule has 1 fully saturated rings. The summed E-state index contributed by atoms with van der Waals surface area (Å²) in [5.41, 5.74) is 7.12. The van der Waals surface area contributed by atoms with Gasteiger partial charge in [-0.15, -0.1) is 5.10 Å². The summed E-state index contributed by atoms with van der Waals surface area (Å²) in [6, 6.07) is 4.07. The fourth-order valence-corrected chi connectivity index (χ4v) is 2.71. The molecule has 8 nitrogen and oxygen atoms in total. The van der Waals surface area contributed by atoms with Gasteiger partial charge < -0.3 is 15.7 Å². The highest BCUT2D eigenvalue weighted by molar-refractivity contribution is 5.90. The van der Waals surface area contributed by atoms with Crippen molar-refractivity contribution in [1.82, 2.24) is 20.0 Å². The van der Waals surface area contributed by atoms with Gasteiger partial charge in [-0.25, -0.2) is 4.68 Å². The number of hydrogen-bond acceptors (Lipinski definition) is 6. The molecule has 1 aliphatic rings. The van der Waals surface area contributed by atoms with Crippen molar-refractivity contribution in [2.75, 3.05) is 18.0 Å². The van der Waals surface area contributed by atoms with Crippen LogP contribution in [0.4, 0.5) is 5.69 Å². The second kappa shape index (κ2) is 6.10. The molecule has 0 unspecified atom stereocenters. The van der Waals surface area contributed by atoms with Crippen molar-refractivity contribution in [3.05, 3.63) is 35.9 Å². The molecule has 0 aliphatic carbocycles. The van der Waals surface area contributed by atoms with Gasteiger partial charge in [-0.2, -0.15) is 0 Å². The number of aliphatic hydroxyl groups is 1. The number of aromatic nitrogens is 4. The lowest BCUT2D eigenvalue weighted by atomic mass is 10.0. The minimum absolute atomic E-state index is 0.0564. The normalized spacial score (nSPS) is 16.0. The topological polar surface area (TPSA) is 110 Å². The summed E-state index contributed by atoms with van der Waals surface area (Å²) in [6.07, 6.45) is 5.12. The molecule has 8 heteroatoms. The van der Waals surface area contributed by atoms with Gasteiger partial charge in [0.05, 0.1) is 24.5 Å². The van der Waals surface area contributed by atoms with E-state index in [0.717, 1.165) is 31.6 Å². The Morgan fingerprint density at radius 3 is 2.82 bits per heavy atom. The van der Waals surface area contributed by atoms with E-state index in [0.29, 0.717) is 5.69 Å². The Bertz CT molecular complexity index is 663. The molecule has 1 aliphatic heterocycles. The molecule has 2 aromatic rings. The van der Waals surface area contributed by atoms with Gasteiger partial charge in [0.25, 0.3) is 5.91 Å². The monoisotopic (exact) mass is 302 g/mol. The van der Waals surface area contributed by atoms with E-state index in [1.807, 2.05) is 12.1 Å². The molecule has 3 rings (SSSR count). The van der Waals surface area contributed by atoms with Gasteiger partial charge in [0, 0.05) is 25.0 Å². The first kappa shape index (κ1) is 14.5. The predicted molar refractivity (Wildman–Crippen MR) is 79.2 cm³/mol. The van der Waals surface area contributed by atoms with Crippen LogP contribution in [0.5, 0.6) is 0 Å². The van der Waals surface area contributed by atoms with Gasteiger partial charge >= 0.3 is 0 Å². The van der Waals surface area contributed by atoms with Gasteiger partial charge in [0.2, 0.25) is 0 Å². The Morgan fingerprint density at radius 1 is 1.41 bits per heavy atom. The highest BCUT2D eigenvalue weighted by atomic mass is 16.3. The van der Waals surface area contributed by atoms with Crippen molar-refractivity contribution >= 4 is 11.6 Å². The Morgan fingerprint density at radius 2 is 2.18 bits per heavy atom. The Labute approximate surface area is 127 Å². The van der Waals surface area contributed by atoms with Crippen LogP contribution in [0, 0.1) is 0 Å². The summed E-state index contributed by atoms with van der Waals surface area (Å²) in [7, 11) is 0. The van der Waals surface area contributed by atoms with E-state index in [-0.39, 0.29) is 18.3 Å². The first-order chi connectivity index (χ1) is 10.7. The second-order valence-corrected chi connectivity index (χ2v) is 5.33. The summed E-state index contributed by atoms with van der Waals surface area (Å²) in [6.45, 7) is 1.68. The average Bonchev–Trinajstić information content (AvgIpc) is 3.05. The number of carbonyl (C=O) groups is 1. The number of rotatable bonds is 4. The smallest absolute Gasteiger partial charge is 0.270 e. The lowest BCUT2D eigenvalue weighted by Crippen LogP contribution is -2.34. The third-order valence-electron chi connectivity index (χ3n) is 3.93. The summed E-state index contributed by atoms with van der Waals surface area (Å²) in [4.78, 5) is 17.4. The molecule has 0 saturated carbocycles. The van der Waals surface area contributed by atoms with Crippen molar-refractivity contribution in [2.45, 2.75) is 25.5 Å². The van der Waals surface area contributed by atoms with Crippen LogP contribution in [0.25, 0.3) is 0 Å². The fourth-order valence-electron chi connectivity index (χ4n) is 2.71. The van der Waals surface area contributed by atoms with Crippen molar-refractivity contribution in [1.29, 1.82) is 0 Å². The third kappa shape index (κ3) is 2.91. The van der Waals surface area contributed by atoms with Crippen LogP contribution in [0.2, 0.25) is 0 Å². The molecule has 3 N–H and O–H groups in total. The Hall–Kier alpha value is -2.48. The number of nitrogens with two attached hydrogens (primary N) is 1. The molecular weight excluding hydrogens is 284 g/mol. The molecule has 0 atom stereocenters. The molecule has 0 spiro atoms.